The third-order valence-electron chi connectivity index (χ3n) is 16.1. The van der Waals surface area contributed by atoms with Crippen LogP contribution in [0.1, 0.15) is 0 Å². The number of aromatic nitrogens is 2. The highest BCUT2D eigenvalue weighted by Crippen LogP contribution is 2.46. The fourth-order valence-electron chi connectivity index (χ4n) is 12.8. The van der Waals surface area contributed by atoms with E-state index >= 15 is 0 Å². The Morgan fingerprint density at radius 3 is 0.973 bits per heavy atom. The Labute approximate surface area is 426 Å². The molecular weight excluding hydrogens is 893 g/mol. The minimum absolute atomic E-state index is 1.16. The van der Waals surface area contributed by atoms with Gasteiger partial charge in [0.1, 0.15) is 0 Å². The molecule has 16 rings (SSSR count). The average molecular weight is 937 g/mol. The van der Waals surface area contributed by atoms with E-state index in [4.69, 9.17) is 0 Å². The molecule has 0 unspecified atom stereocenters. The van der Waals surface area contributed by atoms with Crippen LogP contribution in [-0.4, -0.2) is 9.13 Å². The lowest BCUT2D eigenvalue weighted by Gasteiger charge is -2.18. The predicted octanol–water partition coefficient (Wildman–Crippen LogP) is 19.8. The molecule has 0 aliphatic rings. The first kappa shape index (κ1) is 40.9. The molecule has 0 aliphatic carbocycles. The summed E-state index contributed by atoms with van der Waals surface area (Å²) in [5, 5.41) is 19.9. The van der Waals surface area contributed by atoms with Crippen LogP contribution in [0.25, 0.3) is 153 Å². The molecule has 0 spiro atoms. The predicted molar refractivity (Wildman–Crippen MR) is 316 cm³/mol. The highest BCUT2D eigenvalue weighted by molar-refractivity contribution is 6.24. The van der Waals surface area contributed by atoms with Crippen molar-refractivity contribution in [1.82, 2.24) is 9.13 Å². The molecule has 16 aromatic rings. The molecule has 0 fully saturated rings. The quantitative estimate of drug-likeness (QED) is 0.163. The van der Waals surface area contributed by atoms with Crippen molar-refractivity contribution in [3.8, 4) is 44.8 Å². The molecule has 2 heteroatoms. The average Bonchev–Trinajstić information content (AvgIpc) is 4.04. The highest BCUT2D eigenvalue weighted by atomic mass is 15.0. The second-order valence-corrected chi connectivity index (χ2v) is 19.9. The van der Waals surface area contributed by atoms with Gasteiger partial charge in [0.25, 0.3) is 0 Å². The second kappa shape index (κ2) is 15.9. The van der Waals surface area contributed by atoms with E-state index in [1.807, 2.05) is 0 Å². The van der Waals surface area contributed by atoms with Crippen molar-refractivity contribution in [2.45, 2.75) is 0 Å². The van der Waals surface area contributed by atoms with Gasteiger partial charge in [0, 0.05) is 32.3 Å². The Hall–Kier alpha value is -9.76. The van der Waals surface area contributed by atoms with Crippen molar-refractivity contribution in [3.63, 3.8) is 0 Å². The van der Waals surface area contributed by atoms with Gasteiger partial charge >= 0.3 is 0 Å². The fraction of sp³-hybridized carbons (Fsp3) is 0. The van der Waals surface area contributed by atoms with Gasteiger partial charge in [-0.15, -0.1) is 0 Å². The Bertz CT molecular complexity index is 4700. The molecule has 0 amide bonds. The topological polar surface area (TPSA) is 9.86 Å². The van der Waals surface area contributed by atoms with Crippen LogP contribution in [0.4, 0.5) is 0 Å². The first-order valence-electron chi connectivity index (χ1n) is 25.7. The summed E-state index contributed by atoms with van der Waals surface area (Å²) in [5.74, 6) is 0. The van der Waals surface area contributed by atoms with Crippen LogP contribution in [0, 0.1) is 0 Å². The highest BCUT2D eigenvalue weighted by Gasteiger charge is 2.22. The van der Waals surface area contributed by atoms with Crippen LogP contribution < -0.4 is 0 Å². The molecule has 2 nitrogen and oxygen atoms in total. The normalized spacial score (nSPS) is 12.1. The number of rotatable bonds is 5. The summed E-state index contributed by atoms with van der Waals surface area (Å²) in [4.78, 5) is 0. The zero-order valence-electron chi connectivity index (χ0n) is 40.3. The van der Waals surface area contributed by atoms with E-state index in [0.29, 0.717) is 0 Å². The maximum absolute atomic E-state index is 2.53. The van der Waals surface area contributed by atoms with Crippen LogP contribution >= 0.6 is 0 Å². The van der Waals surface area contributed by atoms with Crippen LogP contribution in [-0.2, 0) is 0 Å². The summed E-state index contributed by atoms with van der Waals surface area (Å²) in [6, 6.07) is 99.3. The lowest BCUT2D eigenvalue weighted by molar-refractivity contribution is 1.20. The van der Waals surface area contributed by atoms with E-state index < -0.39 is 0 Å². The molecule has 0 atom stereocenters. The molecule has 0 aliphatic heterocycles. The lowest BCUT2D eigenvalue weighted by atomic mass is 9.92. The van der Waals surface area contributed by atoms with Gasteiger partial charge in [0.15, 0.2) is 0 Å². The van der Waals surface area contributed by atoms with E-state index in [-0.39, 0.29) is 0 Å². The van der Waals surface area contributed by atoms with Crippen LogP contribution in [0.2, 0.25) is 0 Å². The molecule has 0 saturated heterocycles. The van der Waals surface area contributed by atoms with Crippen LogP contribution in [0.15, 0.2) is 267 Å². The van der Waals surface area contributed by atoms with Crippen molar-refractivity contribution in [3.05, 3.63) is 267 Å². The van der Waals surface area contributed by atoms with Gasteiger partial charge in [-0.05, 0) is 124 Å². The largest absolute Gasteiger partial charge is 0.309 e. The minimum Gasteiger partial charge on any atom is -0.309 e. The van der Waals surface area contributed by atoms with E-state index in [1.165, 1.54) is 142 Å². The first-order valence-corrected chi connectivity index (χ1v) is 25.7. The number of hydrogen-bond donors (Lipinski definition) is 0. The van der Waals surface area contributed by atoms with Crippen LogP contribution in [0.5, 0.6) is 0 Å². The lowest BCUT2D eigenvalue weighted by Crippen LogP contribution is -1.98. The standard InChI is InChI=1S/C72H44N2/c1-5-21-51-45(15-1)19-13-29-53(51)49-31-35-63-69(43-49)73(67-39-33-47-17-3-7-23-55(47)71(63)67)65-41-37-59(57-25-9-11-27-61(57)65)60-38-42-66(62-28-12-10-26-58(60)62)74-68-40-34-48-18-4-8-24-56(48)72(68)64-36-32-50(44-70(64)74)54-30-14-20-46-16-2-6-22-52(46)54/h1-44H. The zero-order chi connectivity index (χ0) is 48.4. The third kappa shape index (κ3) is 5.94. The molecular formula is C72H44N2. The molecule has 0 N–H and O–H groups in total. The van der Waals surface area contributed by atoms with Gasteiger partial charge in [0.2, 0.25) is 0 Å². The summed E-state index contributed by atoms with van der Waals surface area (Å²) in [6.07, 6.45) is 0. The SMILES string of the molecule is c1ccc2c(-c3ccc4c5c6ccccc6ccc5n(-c5ccc(-c6ccc(-n7c8cc(-c9cccc%10ccccc9%10)ccc8c8c9ccccc9ccc87)c7ccccc67)c6ccccc56)c4c3)cccc2c1. The molecule has 14 aromatic carbocycles. The molecule has 2 heterocycles. The minimum atomic E-state index is 1.16. The van der Waals surface area contributed by atoms with Crippen LogP contribution in [0.3, 0.4) is 0 Å². The number of fused-ring (bicyclic) bond motifs is 14. The van der Waals surface area contributed by atoms with Gasteiger partial charge in [-0.2, -0.15) is 0 Å². The second-order valence-electron chi connectivity index (χ2n) is 19.9. The van der Waals surface area contributed by atoms with Gasteiger partial charge in [-0.1, -0.05) is 231 Å². The maximum Gasteiger partial charge on any atom is 0.0547 e. The summed E-state index contributed by atoms with van der Waals surface area (Å²) >= 11 is 0. The van der Waals surface area contributed by atoms with Gasteiger partial charge < -0.3 is 9.13 Å². The van der Waals surface area contributed by atoms with E-state index in [1.54, 1.807) is 0 Å². The summed E-state index contributed by atoms with van der Waals surface area (Å²) in [5.41, 5.74) is 14.4. The van der Waals surface area contributed by atoms with Crippen molar-refractivity contribution >= 4 is 108 Å². The summed E-state index contributed by atoms with van der Waals surface area (Å²) in [6.45, 7) is 0. The first-order chi connectivity index (χ1) is 36.7. The number of nitrogens with zero attached hydrogens (tertiary/aromatic N) is 2. The monoisotopic (exact) mass is 936 g/mol. The van der Waals surface area contributed by atoms with Crippen molar-refractivity contribution in [2.75, 3.05) is 0 Å². The third-order valence-corrected chi connectivity index (χ3v) is 16.1. The molecule has 342 valence electrons. The molecule has 0 radical (unpaired) electrons. The van der Waals surface area contributed by atoms with Gasteiger partial charge in [-0.3, -0.25) is 0 Å². The van der Waals surface area contributed by atoms with E-state index in [2.05, 4.69) is 276 Å². The van der Waals surface area contributed by atoms with Gasteiger partial charge in [-0.25, -0.2) is 0 Å². The van der Waals surface area contributed by atoms with E-state index in [0.717, 1.165) is 11.4 Å². The summed E-state index contributed by atoms with van der Waals surface area (Å²) in [7, 11) is 0. The Morgan fingerprint density at radius 1 is 0.189 bits per heavy atom. The molecule has 0 bridgehead atoms. The van der Waals surface area contributed by atoms with Crippen molar-refractivity contribution in [2.24, 2.45) is 0 Å². The van der Waals surface area contributed by atoms with Crippen molar-refractivity contribution in [1.29, 1.82) is 0 Å². The van der Waals surface area contributed by atoms with Gasteiger partial charge in [0.05, 0.1) is 33.4 Å². The fourth-order valence-corrected chi connectivity index (χ4v) is 12.8. The number of benzene rings is 14. The number of hydrogen-bond acceptors (Lipinski definition) is 0. The maximum atomic E-state index is 2.53. The Balaban J connectivity index is 0.925. The Kier molecular flexibility index (Phi) is 8.78. The summed E-state index contributed by atoms with van der Waals surface area (Å²) < 4.78 is 5.05. The Morgan fingerprint density at radius 2 is 0.541 bits per heavy atom. The molecule has 0 saturated carbocycles. The van der Waals surface area contributed by atoms with Crippen molar-refractivity contribution < 1.29 is 0 Å². The smallest absolute Gasteiger partial charge is 0.0547 e. The molecule has 2 aromatic heterocycles. The molecule has 74 heavy (non-hydrogen) atoms. The van der Waals surface area contributed by atoms with E-state index in [9.17, 15) is 0 Å². The zero-order valence-corrected chi connectivity index (χ0v) is 40.3.